The van der Waals surface area contributed by atoms with Crippen molar-refractivity contribution in [3.05, 3.63) is 40.4 Å². The van der Waals surface area contributed by atoms with Crippen molar-refractivity contribution < 1.29 is 9.32 Å². The third kappa shape index (κ3) is 2.54. The normalized spacial score (nSPS) is 17.6. The van der Waals surface area contributed by atoms with E-state index in [4.69, 9.17) is 16.1 Å². The number of aryl methyl sites for hydroxylation is 1. The first-order valence-electron chi connectivity index (χ1n) is 6.54. The van der Waals surface area contributed by atoms with Crippen molar-refractivity contribution in [1.29, 1.82) is 0 Å². The van der Waals surface area contributed by atoms with Crippen molar-refractivity contribution >= 4 is 23.3 Å². The van der Waals surface area contributed by atoms with Crippen LogP contribution in [0.4, 0.5) is 5.82 Å². The van der Waals surface area contributed by atoms with Crippen LogP contribution >= 0.6 is 11.6 Å². The standard InChI is InChI=1S/C14H14ClN3O2/c1-8-2-4-11-10(6-8)13(18-20-11)14(19)17-12-5-3-9(15)7-16-12/h3,5,7-8H,2,4,6H2,1H3,(H,16,17,19)/t8-/m0/s1. The van der Waals surface area contributed by atoms with E-state index in [1.54, 1.807) is 12.1 Å². The van der Waals surface area contributed by atoms with Crippen molar-refractivity contribution in [3.63, 3.8) is 0 Å². The van der Waals surface area contributed by atoms with Gasteiger partial charge in [0, 0.05) is 18.2 Å². The lowest BCUT2D eigenvalue weighted by Crippen LogP contribution is -2.18. The summed E-state index contributed by atoms with van der Waals surface area (Å²) in [5.74, 6) is 1.53. The second-order valence-electron chi connectivity index (χ2n) is 5.10. The van der Waals surface area contributed by atoms with Crippen LogP contribution in [0, 0.1) is 5.92 Å². The number of anilines is 1. The highest BCUT2D eigenvalue weighted by atomic mass is 35.5. The fourth-order valence-electron chi connectivity index (χ4n) is 2.38. The zero-order chi connectivity index (χ0) is 14.1. The molecule has 1 amide bonds. The largest absolute Gasteiger partial charge is 0.360 e. The minimum Gasteiger partial charge on any atom is -0.360 e. The van der Waals surface area contributed by atoms with Gasteiger partial charge >= 0.3 is 0 Å². The summed E-state index contributed by atoms with van der Waals surface area (Å²) in [6, 6.07) is 3.32. The first kappa shape index (κ1) is 13.1. The maximum Gasteiger partial charge on any atom is 0.279 e. The molecule has 0 radical (unpaired) electrons. The number of halogens is 1. The molecule has 1 aliphatic rings. The van der Waals surface area contributed by atoms with Crippen molar-refractivity contribution in [2.45, 2.75) is 26.2 Å². The predicted molar refractivity (Wildman–Crippen MR) is 74.9 cm³/mol. The van der Waals surface area contributed by atoms with E-state index in [1.165, 1.54) is 6.20 Å². The lowest BCUT2D eigenvalue weighted by atomic mass is 9.88. The van der Waals surface area contributed by atoms with Crippen LogP contribution in [0.3, 0.4) is 0 Å². The van der Waals surface area contributed by atoms with Crippen molar-refractivity contribution in [3.8, 4) is 0 Å². The van der Waals surface area contributed by atoms with E-state index >= 15 is 0 Å². The molecule has 0 spiro atoms. The average molecular weight is 292 g/mol. The van der Waals surface area contributed by atoms with Crippen LogP contribution in [0.5, 0.6) is 0 Å². The molecular weight excluding hydrogens is 278 g/mol. The molecule has 6 heteroatoms. The monoisotopic (exact) mass is 291 g/mol. The first-order valence-corrected chi connectivity index (χ1v) is 6.91. The number of rotatable bonds is 2. The second-order valence-corrected chi connectivity index (χ2v) is 5.53. The Morgan fingerprint density at radius 3 is 3.10 bits per heavy atom. The van der Waals surface area contributed by atoms with Gasteiger partial charge in [-0.2, -0.15) is 0 Å². The minimum atomic E-state index is -0.293. The topological polar surface area (TPSA) is 68.0 Å². The summed E-state index contributed by atoms with van der Waals surface area (Å²) in [5.41, 5.74) is 1.29. The summed E-state index contributed by atoms with van der Waals surface area (Å²) in [4.78, 5) is 16.3. The molecule has 20 heavy (non-hydrogen) atoms. The van der Waals surface area contributed by atoms with E-state index in [1.807, 2.05) is 0 Å². The Labute approximate surface area is 121 Å². The summed E-state index contributed by atoms with van der Waals surface area (Å²) in [7, 11) is 0. The Hall–Kier alpha value is -1.88. The quantitative estimate of drug-likeness (QED) is 0.923. The number of aromatic nitrogens is 2. The second kappa shape index (κ2) is 5.25. The Balaban J connectivity index is 1.81. The molecule has 3 rings (SSSR count). The van der Waals surface area contributed by atoms with Gasteiger partial charge in [-0.3, -0.25) is 4.79 Å². The maximum atomic E-state index is 12.2. The van der Waals surface area contributed by atoms with E-state index in [2.05, 4.69) is 22.4 Å². The van der Waals surface area contributed by atoms with Gasteiger partial charge < -0.3 is 9.84 Å². The van der Waals surface area contributed by atoms with Crippen LogP contribution in [-0.4, -0.2) is 16.0 Å². The number of nitrogens with one attached hydrogen (secondary N) is 1. The molecular formula is C14H14ClN3O2. The highest BCUT2D eigenvalue weighted by Crippen LogP contribution is 2.28. The molecule has 0 unspecified atom stereocenters. The summed E-state index contributed by atoms with van der Waals surface area (Å²) in [6.45, 7) is 2.17. The van der Waals surface area contributed by atoms with Gasteiger partial charge in [-0.1, -0.05) is 23.7 Å². The van der Waals surface area contributed by atoms with Gasteiger partial charge in [0.15, 0.2) is 5.69 Å². The van der Waals surface area contributed by atoms with E-state index < -0.39 is 0 Å². The smallest absolute Gasteiger partial charge is 0.279 e. The number of amides is 1. The number of carbonyl (C=O) groups is 1. The van der Waals surface area contributed by atoms with Gasteiger partial charge in [-0.25, -0.2) is 4.98 Å². The van der Waals surface area contributed by atoms with Crippen molar-refractivity contribution in [1.82, 2.24) is 10.1 Å². The Kier molecular flexibility index (Phi) is 3.44. The lowest BCUT2D eigenvalue weighted by Gasteiger charge is -2.16. The maximum absolute atomic E-state index is 12.2. The van der Waals surface area contributed by atoms with Crippen molar-refractivity contribution in [2.24, 2.45) is 5.92 Å². The summed E-state index contributed by atoms with van der Waals surface area (Å²) in [6.07, 6.45) is 4.23. The molecule has 5 nitrogen and oxygen atoms in total. The van der Waals surface area contributed by atoms with Crippen LogP contribution in [0.25, 0.3) is 0 Å². The number of hydrogen-bond acceptors (Lipinski definition) is 4. The molecule has 0 saturated carbocycles. The predicted octanol–water partition coefficient (Wildman–Crippen LogP) is 3.10. The Morgan fingerprint density at radius 1 is 1.50 bits per heavy atom. The molecule has 0 aliphatic heterocycles. The average Bonchev–Trinajstić information content (AvgIpc) is 2.84. The molecule has 0 bridgehead atoms. The highest BCUT2D eigenvalue weighted by Gasteiger charge is 2.27. The van der Waals surface area contributed by atoms with Gasteiger partial charge in [0.1, 0.15) is 11.6 Å². The zero-order valence-corrected chi connectivity index (χ0v) is 11.8. The molecule has 0 aromatic carbocycles. The molecule has 1 N–H and O–H groups in total. The molecule has 2 heterocycles. The van der Waals surface area contributed by atoms with Gasteiger partial charge in [0.2, 0.25) is 0 Å². The van der Waals surface area contributed by atoms with Gasteiger partial charge in [-0.15, -0.1) is 0 Å². The van der Waals surface area contributed by atoms with E-state index in [0.717, 1.165) is 30.6 Å². The third-order valence-corrected chi connectivity index (χ3v) is 3.69. The summed E-state index contributed by atoms with van der Waals surface area (Å²) >= 11 is 5.76. The molecule has 1 atom stereocenters. The lowest BCUT2D eigenvalue weighted by molar-refractivity contribution is 0.101. The van der Waals surface area contributed by atoms with Gasteiger partial charge in [0.25, 0.3) is 5.91 Å². The van der Waals surface area contributed by atoms with Crippen molar-refractivity contribution in [2.75, 3.05) is 5.32 Å². The Bertz CT molecular complexity index is 636. The summed E-state index contributed by atoms with van der Waals surface area (Å²) < 4.78 is 5.26. The molecule has 2 aromatic rings. The number of fused-ring (bicyclic) bond motifs is 1. The third-order valence-electron chi connectivity index (χ3n) is 3.47. The van der Waals surface area contributed by atoms with Crippen LogP contribution in [0.15, 0.2) is 22.9 Å². The van der Waals surface area contributed by atoms with Crippen LogP contribution in [0.1, 0.15) is 35.2 Å². The number of nitrogens with zero attached hydrogens (tertiary/aromatic N) is 2. The van der Waals surface area contributed by atoms with E-state index in [-0.39, 0.29) is 5.91 Å². The molecule has 104 valence electrons. The van der Waals surface area contributed by atoms with E-state index in [9.17, 15) is 4.79 Å². The number of carbonyl (C=O) groups excluding carboxylic acids is 1. The molecule has 0 saturated heterocycles. The first-order chi connectivity index (χ1) is 9.63. The fourth-order valence-corrected chi connectivity index (χ4v) is 2.49. The van der Waals surface area contributed by atoms with Crippen LogP contribution in [0.2, 0.25) is 5.02 Å². The molecule has 0 fully saturated rings. The minimum absolute atomic E-state index is 0.293. The van der Waals surface area contributed by atoms with E-state index in [0.29, 0.717) is 22.5 Å². The zero-order valence-electron chi connectivity index (χ0n) is 11.0. The molecule has 1 aliphatic carbocycles. The van der Waals surface area contributed by atoms with Gasteiger partial charge in [0.05, 0.1) is 5.02 Å². The highest BCUT2D eigenvalue weighted by molar-refractivity contribution is 6.30. The number of hydrogen-bond donors (Lipinski definition) is 1. The fraction of sp³-hybridized carbons (Fsp3) is 0.357. The number of pyridine rings is 1. The van der Waals surface area contributed by atoms with Gasteiger partial charge in [-0.05, 0) is 30.9 Å². The SMILES string of the molecule is C[C@H]1CCc2onc(C(=O)Nc3ccc(Cl)cn3)c2C1. The Morgan fingerprint density at radius 2 is 2.35 bits per heavy atom. The van der Waals surface area contributed by atoms with Crippen LogP contribution in [-0.2, 0) is 12.8 Å². The molecule has 2 aromatic heterocycles. The van der Waals surface area contributed by atoms with Crippen LogP contribution < -0.4 is 5.32 Å². The summed E-state index contributed by atoms with van der Waals surface area (Å²) in [5, 5.41) is 7.13.